The van der Waals surface area contributed by atoms with E-state index in [-0.39, 0.29) is 17.2 Å². The number of aliphatic hydroxyl groups excluding tert-OH is 1. The summed E-state index contributed by atoms with van der Waals surface area (Å²) in [5, 5.41) is 13.0. The van der Waals surface area contributed by atoms with E-state index in [9.17, 15) is 0 Å². The van der Waals surface area contributed by atoms with Crippen molar-refractivity contribution < 1.29 is 5.11 Å². The predicted octanol–water partition coefficient (Wildman–Crippen LogP) is 4.25. The van der Waals surface area contributed by atoms with E-state index in [1.165, 1.54) is 0 Å². The first-order chi connectivity index (χ1) is 8.35. The molecule has 2 N–H and O–H groups in total. The Morgan fingerprint density at radius 1 is 1.28 bits per heavy atom. The standard InChI is InChI=1S/C12H17Cl3N2O/c1-12(2,4-3-5-18)7-16-11-9(14)6-8(13)10(15)17-11/h6,18H,3-5,7H2,1-2H3,(H,16,17). The number of nitrogens with one attached hydrogen (secondary N) is 1. The first-order valence-electron chi connectivity index (χ1n) is 5.72. The molecule has 0 saturated carbocycles. The van der Waals surface area contributed by atoms with E-state index in [2.05, 4.69) is 24.1 Å². The molecule has 1 aromatic heterocycles. The lowest BCUT2D eigenvalue weighted by molar-refractivity contribution is 0.248. The number of pyridine rings is 1. The highest BCUT2D eigenvalue weighted by atomic mass is 35.5. The van der Waals surface area contributed by atoms with Crippen LogP contribution in [0.25, 0.3) is 0 Å². The number of aliphatic hydroxyl groups is 1. The van der Waals surface area contributed by atoms with E-state index in [1.807, 2.05) is 0 Å². The maximum Gasteiger partial charge on any atom is 0.150 e. The van der Waals surface area contributed by atoms with Crippen molar-refractivity contribution in [3.8, 4) is 0 Å². The lowest BCUT2D eigenvalue weighted by Gasteiger charge is -2.25. The summed E-state index contributed by atoms with van der Waals surface area (Å²) in [6, 6.07) is 1.57. The third kappa shape index (κ3) is 4.81. The minimum Gasteiger partial charge on any atom is -0.396 e. The van der Waals surface area contributed by atoms with Crippen LogP contribution in [0.3, 0.4) is 0 Å². The summed E-state index contributed by atoms with van der Waals surface area (Å²) in [5.74, 6) is 0.531. The first kappa shape index (κ1) is 15.8. The molecule has 0 aliphatic carbocycles. The van der Waals surface area contributed by atoms with Crippen LogP contribution in [0, 0.1) is 5.41 Å². The Labute approximate surface area is 122 Å². The zero-order chi connectivity index (χ0) is 13.8. The zero-order valence-corrected chi connectivity index (χ0v) is 12.7. The number of aromatic nitrogens is 1. The van der Waals surface area contributed by atoms with Gasteiger partial charge in [-0.2, -0.15) is 0 Å². The molecule has 18 heavy (non-hydrogen) atoms. The third-order valence-electron chi connectivity index (χ3n) is 2.63. The number of hydrogen-bond acceptors (Lipinski definition) is 3. The first-order valence-corrected chi connectivity index (χ1v) is 6.85. The Morgan fingerprint density at radius 3 is 2.56 bits per heavy atom. The Morgan fingerprint density at radius 2 is 1.94 bits per heavy atom. The maximum atomic E-state index is 8.84. The average molecular weight is 312 g/mol. The van der Waals surface area contributed by atoms with Crippen LogP contribution >= 0.6 is 34.8 Å². The monoisotopic (exact) mass is 310 g/mol. The van der Waals surface area contributed by atoms with E-state index in [4.69, 9.17) is 39.9 Å². The molecule has 0 saturated heterocycles. The summed E-state index contributed by atoms with van der Waals surface area (Å²) in [5.41, 5.74) is 0.0415. The van der Waals surface area contributed by atoms with Gasteiger partial charge < -0.3 is 10.4 Å². The molecule has 0 unspecified atom stereocenters. The molecule has 3 nitrogen and oxygen atoms in total. The van der Waals surface area contributed by atoms with Gasteiger partial charge in [-0.05, 0) is 24.3 Å². The number of rotatable bonds is 6. The van der Waals surface area contributed by atoms with Crippen LogP contribution in [-0.4, -0.2) is 23.2 Å². The summed E-state index contributed by atoms with van der Waals surface area (Å²) in [6.45, 7) is 5.12. The molecule has 0 aliphatic rings. The largest absolute Gasteiger partial charge is 0.396 e. The normalized spacial score (nSPS) is 11.7. The molecule has 0 bridgehead atoms. The Kier molecular flexibility index (Phi) is 5.99. The van der Waals surface area contributed by atoms with Crippen LogP contribution < -0.4 is 5.32 Å². The van der Waals surface area contributed by atoms with Gasteiger partial charge in [0.25, 0.3) is 0 Å². The van der Waals surface area contributed by atoms with Gasteiger partial charge in [0.2, 0.25) is 0 Å². The second kappa shape index (κ2) is 6.80. The van der Waals surface area contributed by atoms with Crippen LogP contribution in [0.2, 0.25) is 15.2 Å². The second-order valence-electron chi connectivity index (χ2n) is 4.94. The highest BCUT2D eigenvalue weighted by Gasteiger charge is 2.18. The van der Waals surface area contributed by atoms with Crippen LogP contribution in [-0.2, 0) is 0 Å². The topological polar surface area (TPSA) is 45.1 Å². The molecule has 0 radical (unpaired) electrons. The van der Waals surface area contributed by atoms with Gasteiger partial charge in [-0.3, -0.25) is 0 Å². The molecule has 0 amide bonds. The maximum absolute atomic E-state index is 8.84. The van der Waals surface area contributed by atoms with Gasteiger partial charge in [-0.25, -0.2) is 4.98 Å². The van der Waals surface area contributed by atoms with Crippen molar-refractivity contribution in [1.82, 2.24) is 4.98 Å². The molecule has 0 atom stereocenters. The van der Waals surface area contributed by atoms with Crippen molar-refractivity contribution in [1.29, 1.82) is 0 Å². The van der Waals surface area contributed by atoms with Crippen molar-refractivity contribution >= 4 is 40.6 Å². The van der Waals surface area contributed by atoms with E-state index < -0.39 is 0 Å². The minimum atomic E-state index is 0.0415. The fraction of sp³-hybridized carbons (Fsp3) is 0.583. The smallest absolute Gasteiger partial charge is 0.150 e. The highest BCUT2D eigenvalue weighted by molar-refractivity contribution is 6.42. The number of anilines is 1. The fourth-order valence-corrected chi connectivity index (χ4v) is 2.10. The molecule has 0 spiro atoms. The summed E-state index contributed by atoms with van der Waals surface area (Å²) >= 11 is 17.7. The third-order valence-corrected chi connectivity index (χ3v) is 3.59. The van der Waals surface area contributed by atoms with Gasteiger partial charge in [0.1, 0.15) is 11.0 Å². The molecule has 1 heterocycles. The minimum absolute atomic E-state index is 0.0415. The van der Waals surface area contributed by atoms with Crippen molar-refractivity contribution in [3.63, 3.8) is 0 Å². The summed E-state index contributed by atoms with van der Waals surface area (Å²) in [6.07, 6.45) is 1.69. The second-order valence-corrected chi connectivity index (χ2v) is 6.11. The zero-order valence-electron chi connectivity index (χ0n) is 10.4. The lowest BCUT2D eigenvalue weighted by atomic mass is 9.88. The number of halogens is 3. The molecule has 102 valence electrons. The molecular formula is C12H17Cl3N2O. The highest BCUT2D eigenvalue weighted by Crippen LogP contribution is 2.30. The Bertz CT molecular complexity index is 411. The molecule has 0 aliphatic heterocycles. The number of nitrogens with zero attached hydrogens (tertiary/aromatic N) is 1. The SMILES string of the molecule is CC(C)(CCCO)CNc1nc(Cl)c(Cl)cc1Cl. The Balaban J connectivity index is 2.66. The summed E-state index contributed by atoms with van der Waals surface area (Å²) < 4.78 is 0. The summed E-state index contributed by atoms with van der Waals surface area (Å²) in [7, 11) is 0. The molecule has 0 aromatic carbocycles. The van der Waals surface area contributed by atoms with E-state index in [0.29, 0.717) is 22.4 Å². The van der Waals surface area contributed by atoms with Gasteiger partial charge in [0.15, 0.2) is 0 Å². The van der Waals surface area contributed by atoms with Gasteiger partial charge in [-0.15, -0.1) is 0 Å². The molecule has 6 heteroatoms. The van der Waals surface area contributed by atoms with Crippen LogP contribution in [0.15, 0.2) is 6.07 Å². The van der Waals surface area contributed by atoms with Crippen molar-refractivity contribution in [2.45, 2.75) is 26.7 Å². The fourth-order valence-electron chi connectivity index (χ4n) is 1.54. The van der Waals surface area contributed by atoms with Crippen molar-refractivity contribution in [3.05, 3.63) is 21.3 Å². The van der Waals surface area contributed by atoms with E-state index in [1.54, 1.807) is 6.07 Å². The molecule has 1 aromatic rings. The van der Waals surface area contributed by atoms with Gasteiger partial charge in [0.05, 0.1) is 10.0 Å². The van der Waals surface area contributed by atoms with Crippen molar-refractivity contribution in [2.75, 3.05) is 18.5 Å². The van der Waals surface area contributed by atoms with Crippen LogP contribution in [0.4, 0.5) is 5.82 Å². The van der Waals surface area contributed by atoms with Gasteiger partial charge >= 0.3 is 0 Å². The average Bonchev–Trinajstić information content (AvgIpc) is 2.30. The molecular weight excluding hydrogens is 295 g/mol. The van der Waals surface area contributed by atoms with E-state index >= 15 is 0 Å². The summed E-state index contributed by atoms with van der Waals surface area (Å²) in [4.78, 5) is 4.10. The predicted molar refractivity (Wildman–Crippen MR) is 77.9 cm³/mol. The molecule has 1 rings (SSSR count). The van der Waals surface area contributed by atoms with Crippen LogP contribution in [0.1, 0.15) is 26.7 Å². The lowest BCUT2D eigenvalue weighted by Crippen LogP contribution is -2.24. The van der Waals surface area contributed by atoms with Gasteiger partial charge in [-0.1, -0.05) is 48.7 Å². The Hall–Kier alpha value is -0.220. The van der Waals surface area contributed by atoms with E-state index in [0.717, 1.165) is 12.8 Å². The molecule has 0 fully saturated rings. The number of hydrogen-bond donors (Lipinski definition) is 2. The van der Waals surface area contributed by atoms with Gasteiger partial charge in [0, 0.05) is 13.2 Å². The quantitative estimate of drug-likeness (QED) is 0.772. The van der Waals surface area contributed by atoms with Crippen LogP contribution in [0.5, 0.6) is 0 Å². The van der Waals surface area contributed by atoms with Crippen molar-refractivity contribution in [2.24, 2.45) is 5.41 Å².